The van der Waals surface area contributed by atoms with Gasteiger partial charge in [0.2, 0.25) is 0 Å². The fourth-order valence-corrected chi connectivity index (χ4v) is 3.28. The number of hydrogen-bond acceptors (Lipinski definition) is 2. The number of methoxy groups -OCH3 is 1. The van der Waals surface area contributed by atoms with E-state index in [1.807, 2.05) is 36.4 Å². The normalized spacial score (nSPS) is 10.8. The Balaban J connectivity index is 1.99. The van der Waals surface area contributed by atoms with E-state index in [4.69, 9.17) is 4.74 Å². The number of carbonyl (C=O) groups is 1. The Bertz CT molecular complexity index is 1080. The van der Waals surface area contributed by atoms with Gasteiger partial charge in [-0.3, -0.25) is 0 Å². The molecular formula is C23H19NO2. The Hall–Kier alpha value is -3.33. The van der Waals surface area contributed by atoms with Crippen LogP contribution in [0.5, 0.6) is 0 Å². The third-order valence-electron chi connectivity index (χ3n) is 4.62. The van der Waals surface area contributed by atoms with Crippen molar-refractivity contribution in [3.05, 3.63) is 83.9 Å². The maximum absolute atomic E-state index is 11.9. The second kappa shape index (κ2) is 6.52. The molecule has 3 heteroatoms. The maximum Gasteiger partial charge on any atom is 0.337 e. The molecule has 0 fully saturated rings. The van der Waals surface area contributed by atoms with Crippen LogP contribution in [-0.4, -0.2) is 18.1 Å². The summed E-state index contributed by atoms with van der Waals surface area (Å²) in [6, 6.07) is 24.4. The molecule has 0 radical (unpaired) electrons. The number of rotatable bonds is 3. The lowest BCUT2D eigenvalue weighted by Gasteiger charge is -2.06. The molecule has 26 heavy (non-hydrogen) atoms. The van der Waals surface area contributed by atoms with Gasteiger partial charge in [0.1, 0.15) is 0 Å². The smallest absolute Gasteiger partial charge is 0.337 e. The lowest BCUT2D eigenvalue weighted by Crippen LogP contribution is -2.00. The van der Waals surface area contributed by atoms with Crippen molar-refractivity contribution in [3.63, 3.8) is 0 Å². The molecule has 0 saturated heterocycles. The number of nitrogens with one attached hydrogen (secondary N) is 1. The summed E-state index contributed by atoms with van der Waals surface area (Å²) in [5, 5.41) is 1.08. The Morgan fingerprint density at radius 1 is 0.885 bits per heavy atom. The summed E-state index contributed by atoms with van der Waals surface area (Å²) in [6.07, 6.45) is 0. The molecule has 4 aromatic rings. The standard InChI is InChI=1S/C23H19NO2/c1-15-8-10-17(11-9-15)22-21(16-6-4-3-5-7-16)19-13-12-18(23(25)26-2)14-20(19)24-22/h3-14,24H,1-2H3. The van der Waals surface area contributed by atoms with Crippen LogP contribution < -0.4 is 0 Å². The van der Waals surface area contributed by atoms with E-state index >= 15 is 0 Å². The molecule has 0 saturated carbocycles. The zero-order valence-corrected chi connectivity index (χ0v) is 14.7. The summed E-state index contributed by atoms with van der Waals surface area (Å²) in [4.78, 5) is 15.4. The van der Waals surface area contributed by atoms with Crippen molar-refractivity contribution < 1.29 is 9.53 Å². The van der Waals surface area contributed by atoms with Gasteiger partial charge in [0.05, 0.1) is 18.4 Å². The number of ether oxygens (including phenoxy) is 1. The van der Waals surface area contributed by atoms with Crippen molar-refractivity contribution in [2.75, 3.05) is 7.11 Å². The van der Waals surface area contributed by atoms with Crippen molar-refractivity contribution in [3.8, 4) is 22.4 Å². The van der Waals surface area contributed by atoms with Gasteiger partial charge in [0, 0.05) is 16.5 Å². The van der Waals surface area contributed by atoms with Crippen molar-refractivity contribution in [2.45, 2.75) is 6.92 Å². The molecule has 1 heterocycles. The number of carbonyl (C=O) groups excluding carboxylic acids is 1. The highest BCUT2D eigenvalue weighted by atomic mass is 16.5. The van der Waals surface area contributed by atoms with Crippen molar-refractivity contribution in [1.29, 1.82) is 0 Å². The summed E-state index contributed by atoms with van der Waals surface area (Å²) in [5.74, 6) is -0.334. The largest absolute Gasteiger partial charge is 0.465 e. The van der Waals surface area contributed by atoms with Gasteiger partial charge < -0.3 is 9.72 Å². The Labute approximate surface area is 152 Å². The number of hydrogen-bond donors (Lipinski definition) is 1. The van der Waals surface area contributed by atoms with Gasteiger partial charge in [0.25, 0.3) is 0 Å². The monoisotopic (exact) mass is 341 g/mol. The van der Waals surface area contributed by atoms with Crippen LogP contribution in [-0.2, 0) is 4.74 Å². The number of aromatic nitrogens is 1. The lowest BCUT2D eigenvalue weighted by molar-refractivity contribution is 0.0601. The van der Waals surface area contributed by atoms with E-state index in [2.05, 4.69) is 48.3 Å². The van der Waals surface area contributed by atoms with Gasteiger partial charge in [-0.25, -0.2) is 4.79 Å². The van der Waals surface area contributed by atoms with Crippen LogP contribution in [0.3, 0.4) is 0 Å². The second-order valence-electron chi connectivity index (χ2n) is 6.36. The Morgan fingerprint density at radius 2 is 1.62 bits per heavy atom. The molecule has 0 aliphatic heterocycles. The summed E-state index contributed by atoms with van der Waals surface area (Å²) in [5.41, 5.74) is 7.12. The van der Waals surface area contributed by atoms with Crippen molar-refractivity contribution in [2.24, 2.45) is 0 Å². The molecule has 3 aromatic carbocycles. The van der Waals surface area contributed by atoms with Gasteiger partial charge in [0.15, 0.2) is 0 Å². The number of aromatic amines is 1. The predicted molar refractivity (Wildman–Crippen MR) is 105 cm³/mol. The molecule has 0 unspecified atom stereocenters. The van der Waals surface area contributed by atoms with E-state index in [-0.39, 0.29) is 5.97 Å². The molecule has 4 rings (SSSR count). The maximum atomic E-state index is 11.9. The molecule has 0 aliphatic carbocycles. The van der Waals surface area contributed by atoms with E-state index in [0.29, 0.717) is 5.56 Å². The van der Waals surface area contributed by atoms with E-state index in [1.165, 1.54) is 12.7 Å². The summed E-state index contributed by atoms with van der Waals surface area (Å²) in [7, 11) is 1.40. The average Bonchev–Trinajstić information content (AvgIpc) is 3.07. The molecule has 0 bridgehead atoms. The third-order valence-corrected chi connectivity index (χ3v) is 4.62. The van der Waals surface area contributed by atoms with E-state index < -0.39 is 0 Å². The molecule has 128 valence electrons. The van der Waals surface area contributed by atoms with Crippen LogP contribution >= 0.6 is 0 Å². The zero-order chi connectivity index (χ0) is 18.1. The first-order valence-corrected chi connectivity index (χ1v) is 8.54. The topological polar surface area (TPSA) is 42.1 Å². The molecule has 0 spiro atoms. The number of aryl methyl sites for hydroxylation is 1. The molecule has 0 amide bonds. The molecule has 1 N–H and O–H groups in total. The van der Waals surface area contributed by atoms with Crippen LogP contribution in [0, 0.1) is 6.92 Å². The Morgan fingerprint density at radius 3 is 2.31 bits per heavy atom. The van der Waals surface area contributed by atoms with Crippen molar-refractivity contribution >= 4 is 16.9 Å². The van der Waals surface area contributed by atoms with Gasteiger partial charge in [-0.05, 0) is 30.2 Å². The summed E-state index contributed by atoms with van der Waals surface area (Å²) >= 11 is 0. The predicted octanol–water partition coefficient (Wildman–Crippen LogP) is 5.60. The highest BCUT2D eigenvalue weighted by molar-refractivity contribution is 6.06. The molecule has 3 nitrogen and oxygen atoms in total. The molecule has 0 atom stereocenters. The first-order valence-electron chi connectivity index (χ1n) is 8.54. The van der Waals surface area contributed by atoms with E-state index in [1.54, 1.807) is 0 Å². The minimum atomic E-state index is -0.334. The number of esters is 1. The SMILES string of the molecule is COC(=O)c1ccc2c(-c3ccccc3)c(-c3ccc(C)cc3)[nH]c2c1. The average molecular weight is 341 g/mol. The molecule has 1 aromatic heterocycles. The third kappa shape index (κ3) is 2.78. The van der Waals surface area contributed by atoms with Gasteiger partial charge in [-0.1, -0.05) is 66.2 Å². The van der Waals surface area contributed by atoms with Crippen LogP contribution in [0.15, 0.2) is 72.8 Å². The van der Waals surface area contributed by atoms with Gasteiger partial charge in [-0.15, -0.1) is 0 Å². The van der Waals surface area contributed by atoms with Crippen LogP contribution in [0.1, 0.15) is 15.9 Å². The number of H-pyrrole nitrogens is 1. The minimum absolute atomic E-state index is 0.334. The van der Waals surface area contributed by atoms with Crippen LogP contribution in [0.4, 0.5) is 0 Å². The minimum Gasteiger partial charge on any atom is -0.465 e. The highest BCUT2D eigenvalue weighted by Gasteiger charge is 2.16. The fraction of sp³-hybridized carbons (Fsp3) is 0.0870. The van der Waals surface area contributed by atoms with Crippen LogP contribution in [0.25, 0.3) is 33.3 Å². The van der Waals surface area contributed by atoms with Crippen molar-refractivity contribution in [1.82, 2.24) is 4.98 Å². The lowest BCUT2D eigenvalue weighted by atomic mass is 9.97. The summed E-state index contributed by atoms with van der Waals surface area (Å²) < 4.78 is 4.85. The second-order valence-corrected chi connectivity index (χ2v) is 6.36. The fourth-order valence-electron chi connectivity index (χ4n) is 3.28. The van der Waals surface area contributed by atoms with Gasteiger partial charge in [-0.2, -0.15) is 0 Å². The first kappa shape index (κ1) is 16.2. The highest BCUT2D eigenvalue weighted by Crippen LogP contribution is 2.38. The van der Waals surface area contributed by atoms with E-state index in [9.17, 15) is 4.79 Å². The summed E-state index contributed by atoms with van der Waals surface area (Å²) in [6.45, 7) is 2.08. The van der Waals surface area contributed by atoms with Gasteiger partial charge >= 0.3 is 5.97 Å². The number of fused-ring (bicyclic) bond motifs is 1. The van der Waals surface area contributed by atoms with E-state index in [0.717, 1.165) is 33.3 Å². The quantitative estimate of drug-likeness (QED) is 0.493. The zero-order valence-electron chi connectivity index (χ0n) is 14.7. The van der Waals surface area contributed by atoms with Crippen LogP contribution in [0.2, 0.25) is 0 Å². The molecular weight excluding hydrogens is 322 g/mol. The number of benzene rings is 3. The molecule has 0 aliphatic rings. The Kier molecular flexibility index (Phi) is 4.05. The first-order chi connectivity index (χ1) is 12.7.